The summed E-state index contributed by atoms with van der Waals surface area (Å²) in [4.78, 5) is 4.41. The maximum atomic E-state index is 5.59. The summed E-state index contributed by atoms with van der Waals surface area (Å²) in [5, 5.41) is 4.01. The summed E-state index contributed by atoms with van der Waals surface area (Å²) in [6.07, 6.45) is 2.47. The minimum absolute atomic E-state index is 0.487. The van der Waals surface area contributed by atoms with Crippen LogP contribution in [0.15, 0.2) is 33.3 Å². The standard InChI is InChI=1S/C14H18BrN3O/c1-10(9-16)5-6-14-17-13(18-19-14)8-11-3-2-4-12(15)7-11/h2-4,7,10H,5-6,8-9,16H2,1H3. The molecule has 2 rings (SSSR count). The molecule has 0 aliphatic heterocycles. The zero-order chi connectivity index (χ0) is 13.7. The van der Waals surface area contributed by atoms with Gasteiger partial charge in [0.05, 0.1) is 0 Å². The lowest BCUT2D eigenvalue weighted by Crippen LogP contribution is -2.11. The lowest BCUT2D eigenvalue weighted by atomic mass is 10.1. The number of rotatable bonds is 6. The first-order valence-corrected chi connectivity index (χ1v) is 7.22. The number of nitrogens with zero attached hydrogens (tertiary/aromatic N) is 2. The Labute approximate surface area is 121 Å². The number of halogens is 1. The van der Waals surface area contributed by atoms with E-state index in [1.165, 1.54) is 0 Å². The molecule has 4 nitrogen and oxygen atoms in total. The third kappa shape index (κ3) is 4.44. The van der Waals surface area contributed by atoms with E-state index in [0.717, 1.165) is 28.7 Å². The topological polar surface area (TPSA) is 64.9 Å². The van der Waals surface area contributed by atoms with Gasteiger partial charge in [0.25, 0.3) is 0 Å². The molecular weight excluding hydrogens is 306 g/mol. The van der Waals surface area contributed by atoms with Gasteiger partial charge in [-0.2, -0.15) is 4.98 Å². The van der Waals surface area contributed by atoms with Crippen molar-refractivity contribution in [1.29, 1.82) is 0 Å². The lowest BCUT2D eigenvalue weighted by molar-refractivity contribution is 0.362. The minimum atomic E-state index is 0.487. The number of aromatic nitrogens is 2. The predicted octanol–water partition coefficient (Wildman–Crippen LogP) is 2.95. The van der Waals surface area contributed by atoms with Crippen LogP contribution in [0.4, 0.5) is 0 Å². The van der Waals surface area contributed by atoms with Gasteiger partial charge in [-0.25, -0.2) is 0 Å². The van der Waals surface area contributed by atoms with E-state index in [4.69, 9.17) is 10.3 Å². The van der Waals surface area contributed by atoms with Crippen molar-refractivity contribution in [2.45, 2.75) is 26.2 Å². The third-order valence-electron chi connectivity index (χ3n) is 3.01. The lowest BCUT2D eigenvalue weighted by Gasteiger charge is -2.03. The van der Waals surface area contributed by atoms with Gasteiger partial charge in [0.15, 0.2) is 5.82 Å². The number of hydrogen-bond acceptors (Lipinski definition) is 4. The first kappa shape index (κ1) is 14.2. The smallest absolute Gasteiger partial charge is 0.226 e. The molecule has 0 radical (unpaired) electrons. The monoisotopic (exact) mass is 323 g/mol. The fourth-order valence-corrected chi connectivity index (χ4v) is 2.23. The normalized spacial score (nSPS) is 12.6. The van der Waals surface area contributed by atoms with Crippen molar-refractivity contribution in [2.75, 3.05) is 6.54 Å². The van der Waals surface area contributed by atoms with Crippen LogP contribution in [0, 0.1) is 5.92 Å². The van der Waals surface area contributed by atoms with E-state index in [9.17, 15) is 0 Å². The van der Waals surface area contributed by atoms with Crippen LogP contribution in [0.5, 0.6) is 0 Å². The second-order valence-corrected chi connectivity index (χ2v) is 5.71. The van der Waals surface area contributed by atoms with Crippen molar-refractivity contribution in [3.05, 3.63) is 46.0 Å². The molecule has 102 valence electrons. The Bertz CT molecular complexity index is 527. The maximum absolute atomic E-state index is 5.59. The molecule has 2 N–H and O–H groups in total. The van der Waals surface area contributed by atoms with Crippen LogP contribution in [0.1, 0.15) is 30.6 Å². The summed E-state index contributed by atoms with van der Waals surface area (Å²) in [6.45, 7) is 2.82. The highest BCUT2D eigenvalue weighted by atomic mass is 79.9. The fraction of sp³-hybridized carbons (Fsp3) is 0.429. The van der Waals surface area contributed by atoms with Crippen LogP contribution in [0.2, 0.25) is 0 Å². The van der Waals surface area contributed by atoms with Gasteiger partial charge in [-0.05, 0) is 36.6 Å². The van der Waals surface area contributed by atoms with Gasteiger partial charge in [0.2, 0.25) is 5.89 Å². The Morgan fingerprint density at radius 2 is 2.26 bits per heavy atom. The zero-order valence-electron chi connectivity index (χ0n) is 11.0. The quantitative estimate of drug-likeness (QED) is 0.887. The second-order valence-electron chi connectivity index (χ2n) is 4.79. The van der Waals surface area contributed by atoms with E-state index in [0.29, 0.717) is 24.8 Å². The Morgan fingerprint density at radius 3 is 3.00 bits per heavy atom. The largest absolute Gasteiger partial charge is 0.339 e. The van der Waals surface area contributed by atoms with Gasteiger partial charge in [-0.1, -0.05) is 40.1 Å². The van der Waals surface area contributed by atoms with E-state index in [-0.39, 0.29) is 0 Å². The van der Waals surface area contributed by atoms with Crippen molar-refractivity contribution in [3.8, 4) is 0 Å². The van der Waals surface area contributed by atoms with Gasteiger partial charge >= 0.3 is 0 Å². The molecule has 0 saturated heterocycles. The highest BCUT2D eigenvalue weighted by Gasteiger charge is 2.09. The first-order chi connectivity index (χ1) is 9.17. The molecule has 1 unspecified atom stereocenters. The van der Waals surface area contributed by atoms with E-state index in [1.54, 1.807) is 0 Å². The number of nitrogens with two attached hydrogens (primary N) is 1. The minimum Gasteiger partial charge on any atom is -0.339 e. The average Bonchev–Trinajstić information content (AvgIpc) is 2.83. The van der Waals surface area contributed by atoms with Crippen LogP contribution >= 0.6 is 15.9 Å². The molecule has 0 spiro atoms. The Kier molecular flexibility index (Phi) is 5.10. The molecule has 0 aliphatic carbocycles. The molecule has 1 atom stereocenters. The van der Waals surface area contributed by atoms with Crippen LogP contribution in [-0.2, 0) is 12.8 Å². The van der Waals surface area contributed by atoms with E-state index < -0.39 is 0 Å². The Balaban J connectivity index is 1.94. The van der Waals surface area contributed by atoms with Gasteiger partial charge in [0.1, 0.15) is 0 Å². The van der Waals surface area contributed by atoms with Gasteiger partial charge in [0, 0.05) is 17.3 Å². The van der Waals surface area contributed by atoms with E-state index in [2.05, 4.69) is 45.1 Å². The van der Waals surface area contributed by atoms with Gasteiger partial charge < -0.3 is 10.3 Å². The molecule has 2 aromatic rings. The Morgan fingerprint density at radius 1 is 1.42 bits per heavy atom. The van der Waals surface area contributed by atoms with Crippen LogP contribution in [0.3, 0.4) is 0 Å². The molecule has 0 amide bonds. The molecule has 0 bridgehead atoms. The molecule has 1 aromatic heterocycles. The second kappa shape index (κ2) is 6.82. The first-order valence-electron chi connectivity index (χ1n) is 6.43. The van der Waals surface area contributed by atoms with Crippen molar-refractivity contribution in [2.24, 2.45) is 11.7 Å². The van der Waals surface area contributed by atoms with Crippen LogP contribution in [0.25, 0.3) is 0 Å². The van der Waals surface area contributed by atoms with E-state index in [1.807, 2.05) is 12.1 Å². The van der Waals surface area contributed by atoms with E-state index >= 15 is 0 Å². The molecule has 1 heterocycles. The molecule has 0 aliphatic rings. The zero-order valence-corrected chi connectivity index (χ0v) is 12.6. The summed E-state index contributed by atoms with van der Waals surface area (Å²) in [7, 11) is 0. The predicted molar refractivity (Wildman–Crippen MR) is 77.8 cm³/mol. The molecule has 5 heteroatoms. The van der Waals surface area contributed by atoms with Crippen molar-refractivity contribution >= 4 is 15.9 Å². The molecule has 0 saturated carbocycles. The van der Waals surface area contributed by atoms with Crippen LogP contribution < -0.4 is 5.73 Å². The summed E-state index contributed by atoms with van der Waals surface area (Å²) in [6, 6.07) is 8.12. The summed E-state index contributed by atoms with van der Waals surface area (Å²) >= 11 is 3.45. The SMILES string of the molecule is CC(CN)CCc1nc(Cc2cccc(Br)c2)no1. The summed E-state index contributed by atoms with van der Waals surface area (Å²) < 4.78 is 6.31. The third-order valence-corrected chi connectivity index (χ3v) is 3.51. The summed E-state index contributed by atoms with van der Waals surface area (Å²) in [5.41, 5.74) is 6.75. The number of hydrogen-bond donors (Lipinski definition) is 1. The van der Waals surface area contributed by atoms with Gasteiger partial charge in [-0.15, -0.1) is 0 Å². The maximum Gasteiger partial charge on any atom is 0.226 e. The highest BCUT2D eigenvalue weighted by molar-refractivity contribution is 9.10. The molecule has 19 heavy (non-hydrogen) atoms. The van der Waals surface area contributed by atoms with Crippen LogP contribution in [-0.4, -0.2) is 16.7 Å². The number of benzene rings is 1. The average molecular weight is 324 g/mol. The van der Waals surface area contributed by atoms with Crippen molar-refractivity contribution in [1.82, 2.24) is 10.1 Å². The van der Waals surface area contributed by atoms with Crippen molar-refractivity contribution < 1.29 is 4.52 Å². The molecule has 0 fully saturated rings. The summed E-state index contributed by atoms with van der Waals surface area (Å²) in [5.74, 6) is 1.92. The van der Waals surface area contributed by atoms with Crippen molar-refractivity contribution in [3.63, 3.8) is 0 Å². The molecular formula is C14H18BrN3O. The Hall–Kier alpha value is -1.20. The highest BCUT2D eigenvalue weighted by Crippen LogP contribution is 2.14. The number of aryl methyl sites for hydroxylation is 1. The fourth-order valence-electron chi connectivity index (χ4n) is 1.78. The molecule has 1 aromatic carbocycles. The van der Waals surface area contributed by atoms with Gasteiger partial charge in [-0.3, -0.25) is 0 Å².